The van der Waals surface area contributed by atoms with E-state index in [4.69, 9.17) is 5.73 Å². The van der Waals surface area contributed by atoms with E-state index in [1.54, 1.807) is 23.1 Å². The molecule has 0 aliphatic heterocycles. The molecule has 1 aliphatic carbocycles. The summed E-state index contributed by atoms with van der Waals surface area (Å²) in [4.78, 5) is 13.4. The average molecular weight is 399 g/mol. The van der Waals surface area contributed by atoms with Gasteiger partial charge in [-0.3, -0.25) is 4.79 Å². The number of carbonyl (C=O) groups is 1. The molecule has 2 aromatic rings. The molecule has 3 rings (SSSR count). The highest BCUT2D eigenvalue weighted by atomic mass is 35.5. The molecule has 3 N–H and O–H groups in total. The van der Waals surface area contributed by atoms with Crippen LogP contribution in [0.1, 0.15) is 36.3 Å². The fourth-order valence-electron chi connectivity index (χ4n) is 3.02. The molecule has 136 valence electrons. The molecule has 25 heavy (non-hydrogen) atoms. The molecule has 1 amide bonds. The number of benzene rings is 1. The fraction of sp³-hybridized carbons (Fsp3) is 0.471. The molecule has 1 saturated carbocycles. The number of nitrogens with one attached hydrogen (secondary N) is 1. The van der Waals surface area contributed by atoms with Gasteiger partial charge in [0.1, 0.15) is 5.01 Å². The number of aromatic nitrogens is 2. The number of hydrogen-bond donors (Lipinski definition) is 2. The van der Waals surface area contributed by atoms with Crippen molar-refractivity contribution in [2.75, 3.05) is 5.32 Å². The van der Waals surface area contributed by atoms with E-state index in [2.05, 4.69) is 21.6 Å². The molecule has 1 aromatic heterocycles. The highest BCUT2D eigenvalue weighted by Gasteiger charge is 2.26. The number of carbonyl (C=O) groups excluding carboxylic acids is 1. The van der Waals surface area contributed by atoms with Crippen molar-refractivity contribution in [3.8, 4) is 0 Å². The van der Waals surface area contributed by atoms with Crippen LogP contribution in [0.2, 0.25) is 0 Å². The Kier molecular flexibility index (Phi) is 7.25. The summed E-state index contributed by atoms with van der Waals surface area (Å²) in [5.41, 5.74) is 7.96. The Morgan fingerprint density at radius 3 is 2.76 bits per heavy atom. The van der Waals surface area contributed by atoms with Crippen molar-refractivity contribution in [3.63, 3.8) is 0 Å². The van der Waals surface area contributed by atoms with Crippen LogP contribution in [-0.2, 0) is 4.79 Å². The lowest BCUT2D eigenvalue weighted by molar-refractivity contribution is -0.117. The van der Waals surface area contributed by atoms with Crippen LogP contribution in [0.15, 0.2) is 27.4 Å². The number of aryl methyl sites for hydroxylation is 2. The van der Waals surface area contributed by atoms with E-state index in [0.29, 0.717) is 12.3 Å². The van der Waals surface area contributed by atoms with E-state index in [9.17, 15) is 4.79 Å². The molecule has 1 fully saturated rings. The SMILES string of the molecule is Cc1nnc(Sc2ccc(NC(=O)C[C@@H]3CCC[C@H]3N)c(C)c2)s1.Cl. The quantitative estimate of drug-likeness (QED) is 0.789. The summed E-state index contributed by atoms with van der Waals surface area (Å²) in [6.07, 6.45) is 3.74. The number of rotatable bonds is 5. The highest BCUT2D eigenvalue weighted by Crippen LogP contribution is 2.32. The Morgan fingerprint density at radius 1 is 1.36 bits per heavy atom. The van der Waals surface area contributed by atoms with E-state index >= 15 is 0 Å². The van der Waals surface area contributed by atoms with Gasteiger partial charge in [0, 0.05) is 23.0 Å². The Balaban J connectivity index is 0.00000225. The molecule has 0 saturated heterocycles. The van der Waals surface area contributed by atoms with E-state index in [1.807, 2.05) is 26.0 Å². The van der Waals surface area contributed by atoms with E-state index < -0.39 is 0 Å². The van der Waals surface area contributed by atoms with Crippen molar-refractivity contribution in [1.82, 2.24) is 10.2 Å². The predicted octanol–water partition coefficient (Wildman–Crippen LogP) is 4.18. The largest absolute Gasteiger partial charge is 0.327 e. The van der Waals surface area contributed by atoms with Crippen LogP contribution < -0.4 is 11.1 Å². The van der Waals surface area contributed by atoms with Crippen LogP contribution in [-0.4, -0.2) is 22.1 Å². The number of halogens is 1. The molecule has 0 unspecified atom stereocenters. The van der Waals surface area contributed by atoms with E-state index in [-0.39, 0.29) is 24.4 Å². The topological polar surface area (TPSA) is 80.9 Å². The summed E-state index contributed by atoms with van der Waals surface area (Å²) in [7, 11) is 0. The van der Waals surface area contributed by atoms with Crippen LogP contribution >= 0.6 is 35.5 Å². The molecule has 1 aliphatic rings. The normalized spacial score (nSPS) is 19.5. The summed E-state index contributed by atoms with van der Waals surface area (Å²) in [5.74, 6) is 0.376. The lowest BCUT2D eigenvalue weighted by Gasteiger charge is -2.15. The number of amides is 1. The number of nitrogens with zero attached hydrogens (tertiary/aromatic N) is 2. The third-order valence-electron chi connectivity index (χ3n) is 4.35. The van der Waals surface area contributed by atoms with Gasteiger partial charge in [0.25, 0.3) is 0 Å². The fourth-order valence-corrected chi connectivity index (χ4v) is 4.91. The maximum Gasteiger partial charge on any atom is 0.224 e. The standard InChI is InChI=1S/C17H22N4OS2.ClH/c1-10-8-13(24-17-21-20-11(2)23-17)6-7-15(10)19-16(22)9-12-4-3-5-14(12)18;/h6-8,12,14H,3-5,9,18H2,1-2H3,(H,19,22);1H/t12-,14+;/m0./s1. The van der Waals surface area contributed by atoms with Gasteiger partial charge in [-0.2, -0.15) is 0 Å². The Bertz CT molecular complexity index is 737. The van der Waals surface area contributed by atoms with Crippen molar-refractivity contribution in [3.05, 3.63) is 28.8 Å². The van der Waals surface area contributed by atoms with Crippen LogP contribution in [0.5, 0.6) is 0 Å². The zero-order valence-electron chi connectivity index (χ0n) is 14.3. The first-order valence-electron chi connectivity index (χ1n) is 8.15. The molecule has 8 heteroatoms. The monoisotopic (exact) mass is 398 g/mol. The van der Waals surface area contributed by atoms with E-state index in [1.165, 1.54) is 0 Å². The first kappa shape index (κ1) is 20.2. The van der Waals surface area contributed by atoms with Gasteiger partial charge in [0.05, 0.1) is 0 Å². The van der Waals surface area contributed by atoms with Crippen molar-refractivity contribution < 1.29 is 4.79 Å². The molecular weight excluding hydrogens is 376 g/mol. The lowest BCUT2D eigenvalue weighted by Crippen LogP contribution is -2.28. The lowest BCUT2D eigenvalue weighted by atomic mass is 10.00. The number of nitrogens with two attached hydrogens (primary N) is 1. The van der Waals surface area contributed by atoms with Gasteiger partial charge in [-0.15, -0.1) is 22.6 Å². The van der Waals surface area contributed by atoms with Gasteiger partial charge in [0.2, 0.25) is 5.91 Å². The van der Waals surface area contributed by atoms with Crippen molar-refractivity contribution in [2.24, 2.45) is 11.7 Å². The van der Waals surface area contributed by atoms with Crippen LogP contribution in [0.3, 0.4) is 0 Å². The maximum absolute atomic E-state index is 12.3. The zero-order chi connectivity index (χ0) is 17.1. The van der Waals surface area contributed by atoms with Gasteiger partial charge in [-0.05, 0) is 56.4 Å². The summed E-state index contributed by atoms with van der Waals surface area (Å²) < 4.78 is 0.930. The Morgan fingerprint density at radius 2 is 2.16 bits per heavy atom. The second-order valence-corrected chi connectivity index (χ2v) is 8.78. The molecule has 0 bridgehead atoms. The second-order valence-electron chi connectivity index (χ2n) is 6.27. The average Bonchev–Trinajstić information content (AvgIpc) is 3.11. The first-order valence-corrected chi connectivity index (χ1v) is 9.78. The van der Waals surface area contributed by atoms with E-state index in [0.717, 1.165) is 44.8 Å². The van der Waals surface area contributed by atoms with Crippen LogP contribution in [0.4, 0.5) is 5.69 Å². The minimum absolute atomic E-state index is 0. The van der Waals surface area contributed by atoms with Gasteiger partial charge in [0.15, 0.2) is 4.34 Å². The molecule has 5 nitrogen and oxygen atoms in total. The molecule has 0 radical (unpaired) electrons. The molecular formula is C17H23ClN4OS2. The summed E-state index contributed by atoms with van der Waals surface area (Å²) in [6.45, 7) is 3.95. The molecule has 2 atom stereocenters. The zero-order valence-corrected chi connectivity index (χ0v) is 16.8. The van der Waals surface area contributed by atoms with Gasteiger partial charge >= 0.3 is 0 Å². The maximum atomic E-state index is 12.3. The predicted molar refractivity (Wildman–Crippen MR) is 106 cm³/mol. The van der Waals surface area contributed by atoms with Gasteiger partial charge in [-0.1, -0.05) is 29.5 Å². The molecule has 1 aromatic carbocycles. The highest BCUT2D eigenvalue weighted by molar-refractivity contribution is 8.01. The Labute approximate surface area is 162 Å². The second kappa shape index (κ2) is 8.98. The third kappa shape index (κ3) is 5.41. The van der Waals surface area contributed by atoms with Crippen LogP contribution in [0.25, 0.3) is 0 Å². The van der Waals surface area contributed by atoms with Crippen molar-refractivity contribution in [1.29, 1.82) is 0 Å². The van der Waals surface area contributed by atoms with Gasteiger partial charge < -0.3 is 11.1 Å². The smallest absolute Gasteiger partial charge is 0.224 e. The summed E-state index contributed by atoms with van der Waals surface area (Å²) >= 11 is 3.17. The van der Waals surface area contributed by atoms with Gasteiger partial charge in [-0.25, -0.2) is 0 Å². The molecule has 1 heterocycles. The third-order valence-corrected chi connectivity index (χ3v) is 6.23. The summed E-state index contributed by atoms with van der Waals surface area (Å²) in [5, 5.41) is 12.1. The number of hydrogen-bond acceptors (Lipinski definition) is 6. The Hall–Kier alpha value is -1.15. The minimum Gasteiger partial charge on any atom is -0.327 e. The first-order chi connectivity index (χ1) is 11.5. The molecule has 0 spiro atoms. The number of anilines is 1. The van der Waals surface area contributed by atoms with Crippen LogP contribution in [0, 0.1) is 19.8 Å². The van der Waals surface area contributed by atoms with Crippen molar-refractivity contribution in [2.45, 2.75) is 54.8 Å². The summed E-state index contributed by atoms with van der Waals surface area (Å²) in [6, 6.07) is 6.20. The van der Waals surface area contributed by atoms with Crippen molar-refractivity contribution >= 4 is 47.1 Å². The minimum atomic E-state index is 0.